The highest BCUT2D eigenvalue weighted by atomic mass is 35.5. The maximum atomic E-state index is 14.0. The Kier molecular flexibility index (Phi) is 9.72. The van der Waals surface area contributed by atoms with Gasteiger partial charge < -0.3 is 4.90 Å². The van der Waals surface area contributed by atoms with E-state index in [2.05, 4.69) is 0 Å². The van der Waals surface area contributed by atoms with E-state index in [4.69, 9.17) is 23.2 Å². The van der Waals surface area contributed by atoms with Crippen LogP contribution in [0.25, 0.3) is 0 Å². The molecule has 0 N–H and O–H groups in total. The van der Waals surface area contributed by atoms with Gasteiger partial charge in [0.05, 0.1) is 21.5 Å². The number of carbonyl (C=O) groups is 2. The first-order valence-corrected chi connectivity index (χ1v) is 15.6. The van der Waals surface area contributed by atoms with E-state index in [0.717, 1.165) is 11.1 Å². The second kappa shape index (κ2) is 12.9. The highest BCUT2D eigenvalue weighted by Crippen LogP contribution is 2.28. The highest BCUT2D eigenvalue weighted by molar-refractivity contribution is 7.89. The number of piperidine rings is 1. The molecule has 1 aliphatic rings. The first-order valence-electron chi connectivity index (χ1n) is 13.4. The Labute approximate surface area is 246 Å². The van der Waals surface area contributed by atoms with Gasteiger partial charge in [0.25, 0.3) is 0 Å². The van der Waals surface area contributed by atoms with Crippen LogP contribution in [-0.2, 0) is 21.2 Å². The average Bonchev–Trinajstić information content (AvgIpc) is 2.91. The van der Waals surface area contributed by atoms with Crippen LogP contribution in [0.2, 0.25) is 10.0 Å². The number of sulfonamides is 1. The van der Waals surface area contributed by atoms with Crippen LogP contribution in [0, 0.1) is 26.7 Å². The predicted molar refractivity (Wildman–Crippen MR) is 160 cm³/mol. The number of likely N-dealkylation sites (tertiary alicyclic amines) is 1. The maximum Gasteiger partial charge on any atom is 0.244 e. The summed E-state index contributed by atoms with van der Waals surface area (Å²) in [5, 5.41) is 0.720. The van der Waals surface area contributed by atoms with Crippen molar-refractivity contribution in [2.24, 2.45) is 5.92 Å². The second-order valence-electron chi connectivity index (χ2n) is 10.5. The molecule has 4 rings (SSSR count). The monoisotopic (exact) mass is 600 g/mol. The number of halogens is 2. The minimum absolute atomic E-state index is 0.0250. The average molecular weight is 602 g/mol. The lowest BCUT2D eigenvalue weighted by molar-refractivity contribution is -0.132. The Morgan fingerprint density at radius 1 is 0.900 bits per heavy atom. The van der Waals surface area contributed by atoms with E-state index >= 15 is 0 Å². The van der Waals surface area contributed by atoms with E-state index in [-0.39, 0.29) is 35.6 Å². The fraction of sp³-hybridized carbons (Fsp3) is 0.355. The van der Waals surface area contributed by atoms with Gasteiger partial charge in [-0.3, -0.25) is 9.59 Å². The van der Waals surface area contributed by atoms with Gasteiger partial charge >= 0.3 is 0 Å². The van der Waals surface area contributed by atoms with Crippen molar-refractivity contribution in [3.63, 3.8) is 0 Å². The van der Waals surface area contributed by atoms with Crippen LogP contribution in [0.1, 0.15) is 45.5 Å². The van der Waals surface area contributed by atoms with E-state index < -0.39 is 10.0 Å². The number of amides is 1. The van der Waals surface area contributed by atoms with Gasteiger partial charge in [-0.15, -0.1) is 0 Å². The summed E-state index contributed by atoms with van der Waals surface area (Å²) in [5.41, 5.74) is 3.81. The largest absolute Gasteiger partial charge is 0.342 e. The molecule has 0 spiro atoms. The van der Waals surface area contributed by atoms with Gasteiger partial charge in [0.1, 0.15) is 0 Å². The minimum Gasteiger partial charge on any atom is -0.342 e. The Balaban J connectivity index is 1.49. The van der Waals surface area contributed by atoms with Crippen molar-refractivity contribution in [2.75, 3.05) is 26.2 Å². The highest BCUT2D eigenvalue weighted by Gasteiger charge is 2.33. The Morgan fingerprint density at radius 2 is 1.52 bits per heavy atom. The molecular weight excluding hydrogens is 567 g/mol. The molecule has 1 fully saturated rings. The number of carbonyl (C=O) groups excluding carboxylic acids is 2. The van der Waals surface area contributed by atoms with Crippen LogP contribution in [-0.4, -0.2) is 55.5 Å². The lowest BCUT2D eigenvalue weighted by Crippen LogP contribution is -2.47. The summed E-state index contributed by atoms with van der Waals surface area (Å²) >= 11 is 12.1. The molecule has 3 aromatic carbocycles. The van der Waals surface area contributed by atoms with E-state index in [0.29, 0.717) is 59.1 Å². The number of nitrogens with zero attached hydrogens (tertiary/aromatic N) is 2. The molecule has 0 radical (unpaired) electrons. The molecule has 6 nitrogen and oxygen atoms in total. The summed E-state index contributed by atoms with van der Waals surface area (Å²) < 4.78 is 29.2. The maximum absolute atomic E-state index is 14.0. The van der Waals surface area contributed by atoms with Gasteiger partial charge in [0, 0.05) is 31.1 Å². The lowest BCUT2D eigenvalue weighted by atomic mass is 9.89. The van der Waals surface area contributed by atoms with Crippen LogP contribution in [0.5, 0.6) is 0 Å². The molecule has 212 valence electrons. The predicted octanol–water partition coefficient (Wildman–Crippen LogP) is 6.27. The SMILES string of the molecule is Cc1cc(C)c(S(=O)(=O)N(CCc2ccccc2)CC(=O)N2CCC(C(=O)c3ccc(Cl)c(Cl)c3)CC2)c(C)c1. The van der Waals surface area contributed by atoms with Crippen molar-refractivity contribution in [1.29, 1.82) is 0 Å². The lowest BCUT2D eigenvalue weighted by Gasteiger charge is -2.33. The summed E-state index contributed by atoms with van der Waals surface area (Å²) in [6.07, 6.45) is 1.48. The summed E-state index contributed by atoms with van der Waals surface area (Å²) in [6, 6.07) is 18.2. The molecular formula is C31H34Cl2N2O4S. The molecule has 0 aliphatic carbocycles. The molecule has 0 unspecified atom stereocenters. The quantitative estimate of drug-likeness (QED) is 0.271. The smallest absolute Gasteiger partial charge is 0.244 e. The van der Waals surface area contributed by atoms with Gasteiger partial charge in [0.15, 0.2) is 5.78 Å². The number of hydrogen-bond acceptors (Lipinski definition) is 4. The van der Waals surface area contributed by atoms with Crippen LogP contribution in [0.15, 0.2) is 65.6 Å². The molecule has 3 aromatic rings. The number of Topliss-reactive ketones (excluding diaryl/α,β-unsaturated/α-hetero) is 1. The number of rotatable bonds is 9. The van der Waals surface area contributed by atoms with Crippen molar-refractivity contribution in [2.45, 2.75) is 44.9 Å². The van der Waals surface area contributed by atoms with E-state index in [1.807, 2.05) is 49.4 Å². The zero-order valence-electron chi connectivity index (χ0n) is 23.0. The summed E-state index contributed by atoms with van der Waals surface area (Å²) in [5.74, 6) is -0.528. The normalized spacial score (nSPS) is 14.5. The molecule has 9 heteroatoms. The zero-order valence-corrected chi connectivity index (χ0v) is 25.3. The third-order valence-electron chi connectivity index (χ3n) is 7.43. The van der Waals surface area contributed by atoms with Gasteiger partial charge in [-0.05, 0) is 74.9 Å². The van der Waals surface area contributed by atoms with Gasteiger partial charge in [-0.25, -0.2) is 8.42 Å². The molecule has 0 bridgehead atoms. The van der Waals surface area contributed by atoms with Crippen LogP contribution in [0.3, 0.4) is 0 Å². The molecule has 1 saturated heterocycles. The fourth-order valence-corrected chi connectivity index (χ4v) is 7.51. The van der Waals surface area contributed by atoms with Crippen molar-refractivity contribution >= 4 is 44.9 Å². The first kappa shape index (κ1) is 30.3. The minimum atomic E-state index is -3.94. The number of aryl methyl sites for hydroxylation is 3. The van der Waals surface area contributed by atoms with E-state index in [1.54, 1.807) is 36.9 Å². The molecule has 40 heavy (non-hydrogen) atoms. The van der Waals surface area contributed by atoms with E-state index in [1.165, 1.54) is 4.31 Å². The zero-order chi connectivity index (χ0) is 29.0. The summed E-state index contributed by atoms with van der Waals surface area (Å²) in [6.45, 7) is 6.20. The number of ketones is 1. The van der Waals surface area contributed by atoms with Crippen LogP contribution < -0.4 is 0 Å². The van der Waals surface area contributed by atoms with Gasteiger partial charge in [-0.1, -0.05) is 71.2 Å². The van der Waals surface area contributed by atoms with Gasteiger partial charge in [-0.2, -0.15) is 4.31 Å². The fourth-order valence-electron chi connectivity index (χ4n) is 5.41. The van der Waals surface area contributed by atoms with E-state index in [9.17, 15) is 18.0 Å². The molecule has 0 saturated carbocycles. The standard InChI is InChI=1S/C31H34Cl2N2O4S/c1-21-17-22(2)31(23(3)18-21)40(38,39)35(16-11-24-7-5-4-6-8-24)20-29(36)34-14-12-25(13-15-34)30(37)26-9-10-27(32)28(33)19-26/h4-10,17-19,25H,11-16,20H2,1-3H3. The Morgan fingerprint density at radius 3 is 2.12 bits per heavy atom. The molecule has 1 aliphatic heterocycles. The first-order chi connectivity index (χ1) is 19.0. The van der Waals surface area contributed by atoms with Crippen LogP contribution in [0.4, 0.5) is 0 Å². The van der Waals surface area contributed by atoms with Gasteiger partial charge in [0.2, 0.25) is 15.9 Å². The third-order valence-corrected chi connectivity index (χ3v) is 10.3. The topological polar surface area (TPSA) is 74.8 Å². The third kappa shape index (κ3) is 6.95. The number of benzene rings is 3. The molecule has 0 aromatic heterocycles. The summed E-state index contributed by atoms with van der Waals surface area (Å²) in [7, 11) is -3.94. The number of hydrogen-bond donors (Lipinski definition) is 0. The van der Waals surface area contributed by atoms with Crippen molar-refractivity contribution in [3.8, 4) is 0 Å². The van der Waals surface area contributed by atoms with Crippen molar-refractivity contribution in [3.05, 3.63) is 98.5 Å². The van der Waals surface area contributed by atoms with Crippen LogP contribution >= 0.6 is 23.2 Å². The Hall–Kier alpha value is -2.71. The second-order valence-corrected chi connectivity index (χ2v) is 13.1. The Bertz CT molecular complexity index is 1480. The molecule has 0 atom stereocenters. The molecule has 1 heterocycles. The van der Waals surface area contributed by atoms with Crippen molar-refractivity contribution in [1.82, 2.24) is 9.21 Å². The van der Waals surface area contributed by atoms with Crippen molar-refractivity contribution < 1.29 is 18.0 Å². The summed E-state index contributed by atoms with van der Waals surface area (Å²) in [4.78, 5) is 28.4. The molecule has 1 amide bonds.